The van der Waals surface area contributed by atoms with E-state index in [2.05, 4.69) is 22.3 Å². The Hall–Kier alpha value is -0.380. The molecule has 1 fully saturated rings. The Labute approximate surface area is 95.8 Å². The third-order valence-corrected chi connectivity index (χ3v) is 4.24. The zero-order valence-electron chi connectivity index (χ0n) is 9.11. The van der Waals surface area contributed by atoms with Gasteiger partial charge in [0.05, 0.1) is 0 Å². The SMILES string of the molecule is NNC(CCc1ccsc1)C1CCCC1. The lowest BCUT2D eigenvalue weighted by Gasteiger charge is -2.22. The summed E-state index contributed by atoms with van der Waals surface area (Å²) >= 11 is 1.78. The van der Waals surface area contributed by atoms with E-state index < -0.39 is 0 Å². The molecule has 0 saturated heterocycles. The summed E-state index contributed by atoms with van der Waals surface area (Å²) in [6.45, 7) is 0. The summed E-state index contributed by atoms with van der Waals surface area (Å²) in [5.41, 5.74) is 4.47. The van der Waals surface area contributed by atoms with Gasteiger partial charge in [-0.3, -0.25) is 11.3 Å². The number of nitrogens with two attached hydrogens (primary N) is 1. The van der Waals surface area contributed by atoms with E-state index in [9.17, 15) is 0 Å². The van der Waals surface area contributed by atoms with Crippen molar-refractivity contribution in [1.29, 1.82) is 0 Å². The molecule has 0 spiro atoms. The maximum absolute atomic E-state index is 5.64. The van der Waals surface area contributed by atoms with E-state index >= 15 is 0 Å². The third kappa shape index (κ3) is 3.03. The van der Waals surface area contributed by atoms with Crippen LogP contribution in [0.1, 0.15) is 37.7 Å². The minimum atomic E-state index is 0.521. The van der Waals surface area contributed by atoms with Gasteiger partial charge < -0.3 is 0 Å². The molecule has 2 nitrogen and oxygen atoms in total. The largest absolute Gasteiger partial charge is 0.271 e. The van der Waals surface area contributed by atoms with Crippen molar-refractivity contribution in [1.82, 2.24) is 5.43 Å². The zero-order valence-corrected chi connectivity index (χ0v) is 9.93. The highest BCUT2D eigenvalue weighted by Crippen LogP contribution is 2.29. The molecule has 0 bridgehead atoms. The minimum Gasteiger partial charge on any atom is -0.271 e. The zero-order chi connectivity index (χ0) is 10.5. The van der Waals surface area contributed by atoms with Crippen LogP contribution in [0.15, 0.2) is 16.8 Å². The van der Waals surface area contributed by atoms with Gasteiger partial charge in [0.2, 0.25) is 0 Å². The van der Waals surface area contributed by atoms with E-state index in [1.165, 1.54) is 37.7 Å². The molecule has 0 amide bonds. The molecular formula is C12H20N2S. The van der Waals surface area contributed by atoms with Crippen LogP contribution in [-0.2, 0) is 6.42 Å². The number of hydrazine groups is 1. The van der Waals surface area contributed by atoms with Crippen molar-refractivity contribution in [3.8, 4) is 0 Å². The van der Waals surface area contributed by atoms with Crippen LogP contribution in [0.5, 0.6) is 0 Å². The summed E-state index contributed by atoms with van der Waals surface area (Å²) in [5, 5.41) is 4.39. The quantitative estimate of drug-likeness (QED) is 0.596. The van der Waals surface area contributed by atoms with Gasteiger partial charge in [-0.15, -0.1) is 0 Å². The molecule has 1 unspecified atom stereocenters. The standard InChI is InChI=1S/C12H20N2S/c13-14-12(11-3-1-2-4-11)6-5-10-7-8-15-9-10/h7-9,11-12,14H,1-6,13H2. The van der Waals surface area contributed by atoms with Crippen LogP contribution in [0.3, 0.4) is 0 Å². The van der Waals surface area contributed by atoms with Crippen molar-refractivity contribution >= 4 is 11.3 Å². The van der Waals surface area contributed by atoms with Gasteiger partial charge in [0.25, 0.3) is 0 Å². The average molecular weight is 224 g/mol. The van der Waals surface area contributed by atoms with E-state index in [1.54, 1.807) is 11.3 Å². The van der Waals surface area contributed by atoms with Gasteiger partial charge in [0.15, 0.2) is 0 Å². The fourth-order valence-corrected chi connectivity index (χ4v) is 3.28. The summed E-state index contributed by atoms with van der Waals surface area (Å²) in [6.07, 6.45) is 7.84. The van der Waals surface area contributed by atoms with E-state index in [1.807, 2.05) is 0 Å². The van der Waals surface area contributed by atoms with Crippen molar-refractivity contribution < 1.29 is 0 Å². The molecule has 1 aromatic rings. The molecule has 1 aromatic heterocycles. The van der Waals surface area contributed by atoms with Crippen LogP contribution in [0.25, 0.3) is 0 Å². The van der Waals surface area contributed by atoms with Gasteiger partial charge in [-0.2, -0.15) is 11.3 Å². The third-order valence-electron chi connectivity index (χ3n) is 3.51. The van der Waals surface area contributed by atoms with E-state index in [0.717, 1.165) is 12.3 Å². The van der Waals surface area contributed by atoms with Crippen LogP contribution in [-0.4, -0.2) is 6.04 Å². The number of rotatable bonds is 5. The number of hydrogen-bond donors (Lipinski definition) is 2. The fraction of sp³-hybridized carbons (Fsp3) is 0.667. The fourth-order valence-electron chi connectivity index (χ4n) is 2.57. The molecular weight excluding hydrogens is 204 g/mol. The van der Waals surface area contributed by atoms with Gasteiger partial charge in [-0.05, 0) is 54.0 Å². The molecule has 0 aromatic carbocycles. The predicted molar refractivity (Wildman–Crippen MR) is 65.7 cm³/mol. The molecule has 84 valence electrons. The second-order valence-corrected chi connectivity index (χ2v) is 5.27. The second kappa shape index (κ2) is 5.64. The monoisotopic (exact) mass is 224 g/mol. The molecule has 1 saturated carbocycles. The first-order valence-electron chi connectivity index (χ1n) is 5.87. The Kier molecular flexibility index (Phi) is 4.18. The smallest absolute Gasteiger partial charge is 0.0241 e. The summed E-state index contributed by atoms with van der Waals surface area (Å²) < 4.78 is 0. The summed E-state index contributed by atoms with van der Waals surface area (Å²) in [4.78, 5) is 0. The molecule has 1 heterocycles. The van der Waals surface area contributed by atoms with Crippen molar-refractivity contribution in [2.45, 2.75) is 44.6 Å². The van der Waals surface area contributed by atoms with Crippen LogP contribution in [0.2, 0.25) is 0 Å². The highest BCUT2D eigenvalue weighted by molar-refractivity contribution is 7.07. The first-order chi connectivity index (χ1) is 7.40. The van der Waals surface area contributed by atoms with Gasteiger partial charge >= 0.3 is 0 Å². The molecule has 0 aliphatic heterocycles. The maximum atomic E-state index is 5.64. The van der Waals surface area contributed by atoms with Crippen molar-refractivity contribution in [2.24, 2.45) is 11.8 Å². The lowest BCUT2D eigenvalue weighted by molar-refractivity contribution is 0.345. The molecule has 1 aliphatic rings. The second-order valence-electron chi connectivity index (χ2n) is 4.49. The van der Waals surface area contributed by atoms with E-state index in [-0.39, 0.29) is 0 Å². The average Bonchev–Trinajstić information content (AvgIpc) is 2.90. The number of aryl methyl sites for hydroxylation is 1. The van der Waals surface area contributed by atoms with Gasteiger partial charge in [0.1, 0.15) is 0 Å². The molecule has 3 heteroatoms. The van der Waals surface area contributed by atoms with Gasteiger partial charge in [-0.1, -0.05) is 12.8 Å². The molecule has 0 radical (unpaired) electrons. The molecule has 1 aliphatic carbocycles. The lowest BCUT2D eigenvalue weighted by atomic mass is 9.93. The van der Waals surface area contributed by atoms with Crippen LogP contribution in [0, 0.1) is 5.92 Å². The predicted octanol–water partition coefficient (Wildman–Crippen LogP) is 2.70. The first kappa shape index (κ1) is 11.1. The highest BCUT2D eigenvalue weighted by Gasteiger charge is 2.23. The van der Waals surface area contributed by atoms with Gasteiger partial charge in [-0.25, -0.2) is 0 Å². The van der Waals surface area contributed by atoms with Crippen molar-refractivity contribution in [2.75, 3.05) is 0 Å². The Morgan fingerprint density at radius 3 is 2.87 bits per heavy atom. The minimum absolute atomic E-state index is 0.521. The maximum Gasteiger partial charge on any atom is 0.0241 e. The van der Waals surface area contributed by atoms with Crippen molar-refractivity contribution in [3.05, 3.63) is 22.4 Å². The van der Waals surface area contributed by atoms with Crippen LogP contribution in [0.4, 0.5) is 0 Å². The number of nitrogens with one attached hydrogen (secondary N) is 1. The molecule has 1 atom stereocenters. The van der Waals surface area contributed by atoms with Crippen LogP contribution >= 0.6 is 11.3 Å². The summed E-state index contributed by atoms with van der Waals surface area (Å²) in [7, 11) is 0. The normalized spacial score (nSPS) is 19.5. The van der Waals surface area contributed by atoms with E-state index in [4.69, 9.17) is 5.84 Å². The molecule has 2 rings (SSSR count). The topological polar surface area (TPSA) is 38.0 Å². The Bertz CT molecular complexity index is 265. The Balaban J connectivity index is 1.80. The first-order valence-corrected chi connectivity index (χ1v) is 6.81. The van der Waals surface area contributed by atoms with Crippen molar-refractivity contribution in [3.63, 3.8) is 0 Å². The highest BCUT2D eigenvalue weighted by atomic mass is 32.1. The summed E-state index contributed by atoms with van der Waals surface area (Å²) in [6, 6.07) is 2.74. The summed E-state index contributed by atoms with van der Waals surface area (Å²) in [5.74, 6) is 6.46. The number of thiophene rings is 1. The molecule has 3 N–H and O–H groups in total. The Morgan fingerprint density at radius 1 is 1.47 bits per heavy atom. The van der Waals surface area contributed by atoms with Crippen LogP contribution < -0.4 is 11.3 Å². The lowest BCUT2D eigenvalue weighted by Crippen LogP contribution is -2.40. The Morgan fingerprint density at radius 2 is 2.27 bits per heavy atom. The molecule has 15 heavy (non-hydrogen) atoms. The van der Waals surface area contributed by atoms with Gasteiger partial charge in [0, 0.05) is 6.04 Å². The van der Waals surface area contributed by atoms with E-state index in [0.29, 0.717) is 6.04 Å². The number of hydrogen-bond acceptors (Lipinski definition) is 3.